The molecule has 1 aliphatic heterocycles. The first kappa shape index (κ1) is 16.9. The molecular weight excluding hydrogens is 238 g/mol. The number of hydrogen-bond donors (Lipinski definition) is 1. The van der Waals surface area contributed by atoms with Crippen LogP contribution in [0.1, 0.15) is 40.5 Å². The van der Waals surface area contributed by atoms with Crippen LogP contribution >= 0.6 is 0 Å². The molecule has 1 heterocycles. The minimum absolute atomic E-state index is 0.0666. The second-order valence-electron chi connectivity index (χ2n) is 6.86. The summed E-state index contributed by atoms with van der Waals surface area (Å²) < 4.78 is 5.89. The quantitative estimate of drug-likeness (QED) is 0.796. The highest BCUT2D eigenvalue weighted by atomic mass is 16.5. The third-order valence-corrected chi connectivity index (χ3v) is 4.31. The van der Waals surface area contributed by atoms with Crippen molar-refractivity contribution < 1.29 is 4.74 Å². The molecule has 114 valence electrons. The molecule has 1 aliphatic rings. The van der Waals surface area contributed by atoms with Gasteiger partial charge in [0.05, 0.1) is 5.60 Å². The summed E-state index contributed by atoms with van der Waals surface area (Å²) in [5.41, 5.74) is 6.22. The molecule has 2 N–H and O–H groups in total. The Morgan fingerprint density at radius 3 is 2.37 bits per heavy atom. The normalized spacial score (nSPS) is 28.9. The fourth-order valence-electron chi connectivity index (χ4n) is 3.73. The summed E-state index contributed by atoms with van der Waals surface area (Å²) in [6, 6.07) is 0.512. The van der Waals surface area contributed by atoms with Crippen molar-refractivity contribution in [2.75, 3.05) is 40.3 Å². The monoisotopic (exact) mass is 271 g/mol. The average molecular weight is 271 g/mol. The van der Waals surface area contributed by atoms with Gasteiger partial charge in [-0.2, -0.15) is 0 Å². The maximum absolute atomic E-state index is 6.19. The SMILES string of the molecule is CCN(C(C)CN(C)C)C1(CN)CCOC(C)(C)C1. The van der Waals surface area contributed by atoms with Gasteiger partial charge in [0.2, 0.25) is 0 Å². The van der Waals surface area contributed by atoms with E-state index in [0.29, 0.717) is 12.6 Å². The lowest BCUT2D eigenvalue weighted by Gasteiger charge is -2.52. The van der Waals surface area contributed by atoms with Crippen LogP contribution in [0.4, 0.5) is 0 Å². The zero-order chi connectivity index (χ0) is 14.7. The smallest absolute Gasteiger partial charge is 0.0644 e. The summed E-state index contributed by atoms with van der Waals surface area (Å²) in [6.45, 7) is 12.6. The molecule has 19 heavy (non-hydrogen) atoms. The fourth-order valence-corrected chi connectivity index (χ4v) is 3.73. The molecule has 0 aromatic carbocycles. The van der Waals surface area contributed by atoms with Gasteiger partial charge in [0.1, 0.15) is 0 Å². The third-order valence-electron chi connectivity index (χ3n) is 4.31. The number of hydrogen-bond acceptors (Lipinski definition) is 4. The van der Waals surface area contributed by atoms with E-state index in [-0.39, 0.29) is 11.1 Å². The average Bonchev–Trinajstić information content (AvgIpc) is 2.27. The van der Waals surface area contributed by atoms with E-state index in [1.54, 1.807) is 0 Å². The topological polar surface area (TPSA) is 41.7 Å². The van der Waals surface area contributed by atoms with Crippen LogP contribution in [0.2, 0.25) is 0 Å². The van der Waals surface area contributed by atoms with Crippen molar-refractivity contribution in [1.29, 1.82) is 0 Å². The minimum atomic E-state index is -0.0666. The van der Waals surface area contributed by atoms with Crippen LogP contribution in [0.3, 0.4) is 0 Å². The van der Waals surface area contributed by atoms with E-state index in [2.05, 4.69) is 51.6 Å². The molecular formula is C15H33N3O. The van der Waals surface area contributed by atoms with Gasteiger partial charge in [-0.3, -0.25) is 4.90 Å². The standard InChI is InChI=1S/C15H33N3O/c1-7-18(13(2)10-17(5)6)15(12-16)8-9-19-14(3,4)11-15/h13H,7-12,16H2,1-6H3. The van der Waals surface area contributed by atoms with Crippen LogP contribution in [0.5, 0.6) is 0 Å². The molecule has 0 amide bonds. The van der Waals surface area contributed by atoms with Crippen molar-refractivity contribution in [2.45, 2.75) is 57.7 Å². The molecule has 0 saturated carbocycles. The van der Waals surface area contributed by atoms with Crippen LogP contribution in [-0.2, 0) is 4.74 Å². The van der Waals surface area contributed by atoms with Gasteiger partial charge in [0.15, 0.2) is 0 Å². The van der Waals surface area contributed by atoms with Crippen molar-refractivity contribution in [3.8, 4) is 0 Å². The van der Waals surface area contributed by atoms with Crippen molar-refractivity contribution in [3.05, 3.63) is 0 Å². The zero-order valence-corrected chi connectivity index (χ0v) is 13.7. The van der Waals surface area contributed by atoms with Gasteiger partial charge in [0.25, 0.3) is 0 Å². The van der Waals surface area contributed by atoms with E-state index in [1.165, 1.54) is 0 Å². The molecule has 0 aromatic rings. The van der Waals surface area contributed by atoms with Gasteiger partial charge >= 0.3 is 0 Å². The van der Waals surface area contributed by atoms with Gasteiger partial charge in [-0.1, -0.05) is 6.92 Å². The molecule has 1 fully saturated rings. The molecule has 4 heteroatoms. The van der Waals surface area contributed by atoms with E-state index in [0.717, 1.165) is 32.5 Å². The molecule has 0 aromatic heterocycles. The van der Waals surface area contributed by atoms with Crippen LogP contribution in [0.25, 0.3) is 0 Å². The fraction of sp³-hybridized carbons (Fsp3) is 1.00. The highest BCUT2D eigenvalue weighted by molar-refractivity contribution is 5.00. The predicted molar refractivity (Wildman–Crippen MR) is 81.4 cm³/mol. The lowest BCUT2D eigenvalue weighted by molar-refractivity contribution is -0.125. The maximum Gasteiger partial charge on any atom is 0.0644 e. The Hall–Kier alpha value is -0.160. The Kier molecular flexibility index (Phi) is 5.80. The summed E-state index contributed by atoms with van der Waals surface area (Å²) in [6.07, 6.45) is 2.06. The summed E-state index contributed by atoms with van der Waals surface area (Å²) in [4.78, 5) is 4.85. The van der Waals surface area contributed by atoms with Gasteiger partial charge in [-0.25, -0.2) is 0 Å². The molecule has 0 radical (unpaired) electrons. The van der Waals surface area contributed by atoms with Crippen LogP contribution < -0.4 is 5.73 Å². The molecule has 2 unspecified atom stereocenters. The number of nitrogens with two attached hydrogens (primary N) is 1. The van der Waals surface area contributed by atoms with Crippen molar-refractivity contribution in [1.82, 2.24) is 9.80 Å². The third kappa shape index (κ3) is 4.15. The van der Waals surface area contributed by atoms with E-state index in [4.69, 9.17) is 10.5 Å². The zero-order valence-electron chi connectivity index (χ0n) is 13.7. The summed E-state index contributed by atoms with van der Waals surface area (Å²) >= 11 is 0. The first-order chi connectivity index (χ1) is 8.76. The van der Waals surface area contributed by atoms with Crippen molar-refractivity contribution >= 4 is 0 Å². The van der Waals surface area contributed by atoms with E-state index in [9.17, 15) is 0 Å². The first-order valence-corrected chi connectivity index (χ1v) is 7.52. The summed E-state index contributed by atoms with van der Waals surface area (Å²) in [7, 11) is 4.26. The Bertz CT molecular complexity index is 281. The lowest BCUT2D eigenvalue weighted by atomic mass is 9.79. The second-order valence-corrected chi connectivity index (χ2v) is 6.86. The summed E-state index contributed by atoms with van der Waals surface area (Å²) in [5, 5.41) is 0. The first-order valence-electron chi connectivity index (χ1n) is 7.52. The van der Waals surface area contributed by atoms with Gasteiger partial charge in [-0.05, 0) is 54.3 Å². The van der Waals surface area contributed by atoms with E-state index >= 15 is 0 Å². The van der Waals surface area contributed by atoms with Crippen molar-refractivity contribution in [3.63, 3.8) is 0 Å². The maximum atomic E-state index is 6.19. The van der Waals surface area contributed by atoms with Crippen LogP contribution in [-0.4, -0.2) is 67.3 Å². The highest BCUT2D eigenvalue weighted by Crippen LogP contribution is 2.36. The lowest BCUT2D eigenvalue weighted by Crippen LogP contribution is -2.63. The summed E-state index contributed by atoms with van der Waals surface area (Å²) in [5.74, 6) is 0. The molecule has 2 atom stereocenters. The number of nitrogens with zero attached hydrogens (tertiary/aromatic N) is 2. The van der Waals surface area contributed by atoms with Gasteiger partial charge < -0.3 is 15.4 Å². The number of rotatable bonds is 6. The number of likely N-dealkylation sites (N-methyl/N-ethyl adjacent to an activating group) is 2. The Labute approximate surface area is 119 Å². The Morgan fingerprint density at radius 1 is 1.32 bits per heavy atom. The van der Waals surface area contributed by atoms with E-state index in [1.807, 2.05) is 0 Å². The molecule has 1 saturated heterocycles. The van der Waals surface area contributed by atoms with E-state index < -0.39 is 0 Å². The Balaban J connectivity index is 2.90. The predicted octanol–water partition coefficient (Wildman–Crippen LogP) is 1.54. The van der Waals surface area contributed by atoms with Crippen molar-refractivity contribution in [2.24, 2.45) is 5.73 Å². The van der Waals surface area contributed by atoms with Crippen LogP contribution in [0.15, 0.2) is 0 Å². The van der Waals surface area contributed by atoms with Crippen LogP contribution in [0, 0.1) is 0 Å². The Morgan fingerprint density at radius 2 is 1.95 bits per heavy atom. The highest BCUT2D eigenvalue weighted by Gasteiger charge is 2.44. The second kappa shape index (κ2) is 6.53. The molecule has 0 spiro atoms. The molecule has 1 rings (SSSR count). The molecule has 0 bridgehead atoms. The number of ether oxygens (including phenoxy) is 1. The molecule has 0 aliphatic carbocycles. The largest absolute Gasteiger partial charge is 0.375 e. The van der Waals surface area contributed by atoms with Gasteiger partial charge in [-0.15, -0.1) is 0 Å². The minimum Gasteiger partial charge on any atom is -0.375 e. The van der Waals surface area contributed by atoms with Gasteiger partial charge in [0, 0.05) is 31.3 Å². The molecule has 4 nitrogen and oxygen atoms in total.